The molecule has 0 heterocycles. The minimum absolute atomic E-state index is 0.549. The van der Waals surface area contributed by atoms with Crippen LogP contribution in [-0.2, 0) is 6.42 Å². The van der Waals surface area contributed by atoms with E-state index in [0.29, 0.717) is 12.1 Å². The average Bonchev–Trinajstić information content (AvgIpc) is 2.98. The van der Waals surface area contributed by atoms with E-state index in [4.69, 9.17) is 11.6 Å². The first-order chi connectivity index (χ1) is 8.74. The van der Waals surface area contributed by atoms with Gasteiger partial charge in [0, 0.05) is 17.1 Å². The number of benzene rings is 1. The summed E-state index contributed by atoms with van der Waals surface area (Å²) in [5.41, 5.74) is 2.92. The van der Waals surface area contributed by atoms with Gasteiger partial charge < -0.3 is 5.32 Å². The van der Waals surface area contributed by atoms with Crippen molar-refractivity contribution < 1.29 is 0 Å². The van der Waals surface area contributed by atoms with E-state index < -0.39 is 0 Å². The summed E-state index contributed by atoms with van der Waals surface area (Å²) in [6, 6.07) is 7.58. The quantitative estimate of drug-likeness (QED) is 0.847. The molecule has 2 aliphatic rings. The van der Waals surface area contributed by atoms with Crippen LogP contribution in [0.2, 0.25) is 5.02 Å². The molecule has 0 radical (unpaired) electrons. The average molecular weight is 264 g/mol. The number of hydrogen-bond acceptors (Lipinski definition) is 1. The highest BCUT2D eigenvalue weighted by atomic mass is 35.5. The van der Waals surface area contributed by atoms with Crippen molar-refractivity contribution in [2.45, 2.75) is 57.5 Å². The molecule has 98 valence electrons. The van der Waals surface area contributed by atoms with Gasteiger partial charge in [-0.25, -0.2) is 0 Å². The highest BCUT2D eigenvalue weighted by Gasteiger charge is 2.27. The van der Waals surface area contributed by atoms with Crippen LogP contribution >= 0.6 is 11.6 Å². The minimum atomic E-state index is 0.549. The van der Waals surface area contributed by atoms with Gasteiger partial charge in [-0.15, -0.1) is 0 Å². The fraction of sp³-hybridized carbons (Fsp3) is 0.625. The third-order valence-corrected chi connectivity index (χ3v) is 4.99. The Morgan fingerprint density at radius 1 is 1.22 bits per heavy atom. The van der Waals surface area contributed by atoms with E-state index in [1.54, 1.807) is 0 Å². The predicted octanol–water partition coefficient (Wildman–Crippen LogP) is 4.50. The summed E-state index contributed by atoms with van der Waals surface area (Å²) in [5.74, 6) is 0.890. The van der Waals surface area contributed by atoms with Crippen molar-refractivity contribution in [2.24, 2.45) is 5.92 Å². The maximum Gasteiger partial charge on any atom is 0.0408 e. The van der Waals surface area contributed by atoms with E-state index in [9.17, 15) is 0 Å². The molecule has 1 saturated carbocycles. The molecule has 1 fully saturated rings. The number of halogens is 1. The molecule has 1 N–H and O–H groups in total. The Morgan fingerprint density at radius 2 is 2.00 bits per heavy atom. The number of aryl methyl sites for hydroxylation is 1. The van der Waals surface area contributed by atoms with Crippen molar-refractivity contribution in [3.8, 4) is 0 Å². The van der Waals surface area contributed by atoms with E-state index in [-0.39, 0.29) is 0 Å². The van der Waals surface area contributed by atoms with E-state index in [1.807, 2.05) is 6.07 Å². The topological polar surface area (TPSA) is 12.0 Å². The summed E-state index contributed by atoms with van der Waals surface area (Å²) in [4.78, 5) is 0. The Bertz CT molecular complexity index is 423. The smallest absolute Gasteiger partial charge is 0.0408 e. The van der Waals surface area contributed by atoms with Crippen molar-refractivity contribution in [3.05, 3.63) is 34.3 Å². The Balaban J connectivity index is 1.68. The summed E-state index contributed by atoms with van der Waals surface area (Å²) in [6.07, 6.45) is 8.07. The molecular formula is C16H22ClN. The summed E-state index contributed by atoms with van der Waals surface area (Å²) >= 11 is 6.06. The Kier molecular flexibility index (Phi) is 3.63. The normalized spacial score (nSPS) is 25.3. The first kappa shape index (κ1) is 12.5. The van der Waals surface area contributed by atoms with Crippen LogP contribution in [0.3, 0.4) is 0 Å². The molecule has 0 aromatic heterocycles. The summed E-state index contributed by atoms with van der Waals surface area (Å²) in [5, 5.41) is 4.73. The van der Waals surface area contributed by atoms with Crippen LogP contribution in [0, 0.1) is 5.92 Å². The van der Waals surface area contributed by atoms with Crippen molar-refractivity contribution in [2.75, 3.05) is 0 Å². The van der Waals surface area contributed by atoms with E-state index >= 15 is 0 Å². The maximum absolute atomic E-state index is 6.06. The zero-order chi connectivity index (χ0) is 12.5. The molecule has 0 aliphatic heterocycles. The molecule has 3 rings (SSSR count). The maximum atomic E-state index is 6.06. The molecular weight excluding hydrogens is 242 g/mol. The third-order valence-electron chi connectivity index (χ3n) is 4.75. The second-order valence-electron chi connectivity index (χ2n) is 5.93. The lowest BCUT2D eigenvalue weighted by Crippen LogP contribution is -2.34. The van der Waals surface area contributed by atoms with Gasteiger partial charge in [-0.05, 0) is 61.8 Å². The van der Waals surface area contributed by atoms with Crippen LogP contribution in [0.4, 0.5) is 0 Å². The SMILES string of the molecule is CC(NC1CCc2cc(Cl)ccc21)C1CCCC1. The monoisotopic (exact) mass is 263 g/mol. The van der Waals surface area contributed by atoms with Crippen LogP contribution in [0.15, 0.2) is 18.2 Å². The molecule has 2 aliphatic carbocycles. The van der Waals surface area contributed by atoms with Gasteiger partial charge >= 0.3 is 0 Å². The van der Waals surface area contributed by atoms with Crippen molar-refractivity contribution in [1.29, 1.82) is 0 Å². The van der Waals surface area contributed by atoms with Gasteiger partial charge in [0.15, 0.2) is 0 Å². The van der Waals surface area contributed by atoms with Gasteiger partial charge in [-0.1, -0.05) is 30.5 Å². The lowest BCUT2D eigenvalue weighted by atomic mass is 9.98. The highest BCUT2D eigenvalue weighted by Crippen LogP contribution is 2.35. The molecule has 2 atom stereocenters. The molecule has 1 aromatic rings. The van der Waals surface area contributed by atoms with E-state index in [2.05, 4.69) is 24.4 Å². The van der Waals surface area contributed by atoms with E-state index in [0.717, 1.165) is 10.9 Å². The summed E-state index contributed by atoms with van der Waals surface area (Å²) in [7, 11) is 0. The number of rotatable bonds is 3. The molecule has 2 heteroatoms. The first-order valence-corrected chi connectivity index (χ1v) is 7.66. The Hall–Kier alpha value is -0.530. The fourth-order valence-corrected chi connectivity index (χ4v) is 3.86. The molecule has 0 saturated heterocycles. The van der Waals surface area contributed by atoms with Gasteiger partial charge in [0.25, 0.3) is 0 Å². The standard InChI is InChI=1S/C16H22ClN/c1-11(12-4-2-3-5-12)18-16-9-6-13-10-14(17)7-8-15(13)16/h7-8,10-12,16,18H,2-6,9H2,1H3. The van der Waals surface area contributed by atoms with Gasteiger partial charge in [-0.3, -0.25) is 0 Å². The van der Waals surface area contributed by atoms with Crippen LogP contribution in [0.1, 0.15) is 56.2 Å². The number of hydrogen-bond donors (Lipinski definition) is 1. The molecule has 1 nitrogen and oxygen atoms in total. The minimum Gasteiger partial charge on any atom is -0.307 e. The zero-order valence-electron chi connectivity index (χ0n) is 11.1. The van der Waals surface area contributed by atoms with Crippen LogP contribution in [0.5, 0.6) is 0 Å². The van der Waals surface area contributed by atoms with Crippen LogP contribution in [-0.4, -0.2) is 6.04 Å². The first-order valence-electron chi connectivity index (χ1n) is 7.28. The molecule has 2 unspecified atom stereocenters. The number of nitrogens with one attached hydrogen (secondary N) is 1. The van der Waals surface area contributed by atoms with Crippen LogP contribution in [0.25, 0.3) is 0 Å². The predicted molar refractivity (Wildman–Crippen MR) is 77.1 cm³/mol. The molecule has 1 aromatic carbocycles. The molecule has 0 spiro atoms. The third kappa shape index (κ3) is 2.44. The van der Waals surface area contributed by atoms with Gasteiger partial charge in [0.05, 0.1) is 0 Å². The molecule has 18 heavy (non-hydrogen) atoms. The lowest BCUT2D eigenvalue weighted by molar-refractivity contribution is 0.342. The largest absolute Gasteiger partial charge is 0.307 e. The lowest BCUT2D eigenvalue weighted by Gasteiger charge is -2.25. The number of fused-ring (bicyclic) bond motifs is 1. The van der Waals surface area contributed by atoms with Gasteiger partial charge in [0.1, 0.15) is 0 Å². The second kappa shape index (κ2) is 5.22. The van der Waals surface area contributed by atoms with Crippen molar-refractivity contribution in [3.63, 3.8) is 0 Å². The highest BCUT2D eigenvalue weighted by molar-refractivity contribution is 6.30. The fourth-order valence-electron chi connectivity index (χ4n) is 3.67. The van der Waals surface area contributed by atoms with Crippen molar-refractivity contribution in [1.82, 2.24) is 5.32 Å². The summed E-state index contributed by atoms with van der Waals surface area (Å²) in [6.45, 7) is 2.36. The Morgan fingerprint density at radius 3 is 2.78 bits per heavy atom. The molecule has 0 amide bonds. The van der Waals surface area contributed by atoms with Gasteiger partial charge in [-0.2, -0.15) is 0 Å². The van der Waals surface area contributed by atoms with Gasteiger partial charge in [0.2, 0.25) is 0 Å². The van der Waals surface area contributed by atoms with E-state index in [1.165, 1.54) is 49.7 Å². The summed E-state index contributed by atoms with van der Waals surface area (Å²) < 4.78 is 0. The second-order valence-corrected chi connectivity index (χ2v) is 6.37. The van der Waals surface area contributed by atoms with Crippen molar-refractivity contribution >= 4 is 11.6 Å². The molecule has 0 bridgehead atoms. The van der Waals surface area contributed by atoms with Crippen LogP contribution < -0.4 is 5.32 Å². The zero-order valence-corrected chi connectivity index (χ0v) is 11.8. The Labute approximate surface area is 115 Å².